The molecule has 0 atom stereocenters. The zero-order valence-electron chi connectivity index (χ0n) is 5.33. The van der Waals surface area contributed by atoms with E-state index < -0.39 is 0 Å². The van der Waals surface area contributed by atoms with Gasteiger partial charge in [0.2, 0.25) is 0 Å². The summed E-state index contributed by atoms with van der Waals surface area (Å²) < 4.78 is 0. The fourth-order valence-corrected chi connectivity index (χ4v) is 0.759. The highest BCUT2D eigenvalue weighted by atomic mass is 15.9. The van der Waals surface area contributed by atoms with Gasteiger partial charge in [0.05, 0.1) is 6.54 Å². The lowest BCUT2D eigenvalue weighted by molar-refractivity contribution is 0.0496. The second-order valence-corrected chi connectivity index (χ2v) is 2.11. The van der Waals surface area contributed by atoms with Gasteiger partial charge in [0.15, 0.2) is 0 Å². The summed E-state index contributed by atoms with van der Waals surface area (Å²) in [7, 11) is 0. The molecular formula is C4H11N5. The van der Waals surface area contributed by atoms with Gasteiger partial charge in [0.25, 0.3) is 0 Å². The van der Waals surface area contributed by atoms with Gasteiger partial charge in [-0.3, -0.25) is 5.84 Å². The average Bonchev–Trinajstić information content (AvgIpc) is 1.59. The summed E-state index contributed by atoms with van der Waals surface area (Å²) in [5.41, 5.74) is 3.78. The summed E-state index contributed by atoms with van der Waals surface area (Å²) >= 11 is 0. The predicted octanol–water partition coefficient (Wildman–Crippen LogP) is -1.33. The van der Waals surface area contributed by atoms with Crippen molar-refractivity contribution in [2.45, 2.75) is 6.92 Å². The predicted molar refractivity (Wildman–Crippen MR) is 33.8 cm³/mol. The highest BCUT2D eigenvalue weighted by molar-refractivity contribution is 4.99. The lowest BCUT2D eigenvalue weighted by Gasteiger charge is -2.28. The molecule has 1 aliphatic rings. The molecule has 5 heteroatoms. The molecule has 52 valence electrons. The molecule has 0 saturated carbocycles. The molecule has 0 aromatic rings. The van der Waals surface area contributed by atoms with Gasteiger partial charge in [-0.1, -0.05) is 0 Å². The molecule has 5 nitrogen and oxygen atoms in total. The highest BCUT2D eigenvalue weighted by Crippen LogP contribution is 1.97. The van der Waals surface area contributed by atoms with Crippen LogP contribution in [-0.4, -0.2) is 16.8 Å². The lowest BCUT2D eigenvalue weighted by Crippen LogP contribution is -2.57. The SMILES string of the molecule is CC1=CN(N)NN(N)C1. The fraction of sp³-hybridized carbons (Fsp3) is 0.500. The fourth-order valence-electron chi connectivity index (χ4n) is 0.759. The van der Waals surface area contributed by atoms with E-state index in [1.54, 1.807) is 6.20 Å². The first-order valence-electron chi connectivity index (χ1n) is 2.68. The van der Waals surface area contributed by atoms with E-state index in [1.807, 2.05) is 6.92 Å². The molecule has 0 saturated heterocycles. The summed E-state index contributed by atoms with van der Waals surface area (Å²) in [6.07, 6.45) is 1.78. The molecule has 1 heterocycles. The molecule has 9 heavy (non-hydrogen) atoms. The third-order valence-electron chi connectivity index (χ3n) is 1.02. The van der Waals surface area contributed by atoms with Crippen LogP contribution in [0.5, 0.6) is 0 Å². The normalized spacial score (nSPS) is 22.1. The van der Waals surface area contributed by atoms with Crippen LogP contribution >= 0.6 is 0 Å². The van der Waals surface area contributed by atoms with E-state index in [0.717, 1.165) is 5.57 Å². The Hall–Kier alpha value is -0.620. The van der Waals surface area contributed by atoms with Crippen molar-refractivity contribution in [1.29, 1.82) is 0 Å². The molecule has 0 bridgehead atoms. The van der Waals surface area contributed by atoms with Crippen molar-refractivity contribution < 1.29 is 0 Å². The zero-order valence-corrected chi connectivity index (χ0v) is 5.33. The Balaban J connectivity index is 2.56. The van der Waals surface area contributed by atoms with Crippen molar-refractivity contribution in [3.8, 4) is 0 Å². The molecule has 0 amide bonds. The Morgan fingerprint density at radius 1 is 1.67 bits per heavy atom. The number of rotatable bonds is 0. The van der Waals surface area contributed by atoms with Gasteiger partial charge in [-0.2, -0.15) is 5.12 Å². The maximum absolute atomic E-state index is 5.38. The highest BCUT2D eigenvalue weighted by Gasteiger charge is 2.07. The molecule has 0 aromatic carbocycles. The van der Waals surface area contributed by atoms with Gasteiger partial charge < -0.3 is 0 Å². The molecule has 1 rings (SSSR count). The van der Waals surface area contributed by atoms with Crippen LogP contribution < -0.4 is 17.2 Å². The first kappa shape index (κ1) is 6.50. The Kier molecular flexibility index (Phi) is 1.68. The van der Waals surface area contributed by atoms with E-state index in [2.05, 4.69) is 5.53 Å². The number of hydrogen-bond acceptors (Lipinski definition) is 5. The second kappa shape index (κ2) is 2.32. The molecule has 0 radical (unpaired) electrons. The first-order valence-corrected chi connectivity index (χ1v) is 2.68. The van der Waals surface area contributed by atoms with E-state index in [9.17, 15) is 0 Å². The van der Waals surface area contributed by atoms with Crippen molar-refractivity contribution in [3.63, 3.8) is 0 Å². The van der Waals surface area contributed by atoms with Crippen molar-refractivity contribution in [3.05, 3.63) is 11.8 Å². The molecule has 0 spiro atoms. The van der Waals surface area contributed by atoms with Crippen LogP contribution in [0.3, 0.4) is 0 Å². The Morgan fingerprint density at radius 2 is 2.33 bits per heavy atom. The van der Waals surface area contributed by atoms with Crippen LogP contribution in [0.2, 0.25) is 0 Å². The number of nitrogens with one attached hydrogen (secondary N) is 1. The molecule has 0 unspecified atom stereocenters. The first-order chi connectivity index (χ1) is 4.18. The van der Waals surface area contributed by atoms with Crippen molar-refractivity contribution in [2.24, 2.45) is 11.7 Å². The van der Waals surface area contributed by atoms with Gasteiger partial charge in [0.1, 0.15) is 0 Å². The summed E-state index contributed by atoms with van der Waals surface area (Å²) in [4.78, 5) is 0. The molecular weight excluding hydrogens is 118 g/mol. The molecule has 1 aliphatic heterocycles. The summed E-state index contributed by atoms with van der Waals surface area (Å²) in [6.45, 7) is 2.66. The van der Waals surface area contributed by atoms with Crippen LogP contribution in [0, 0.1) is 0 Å². The summed E-state index contributed by atoms with van der Waals surface area (Å²) in [5, 5.41) is 2.73. The second-order valence-electron chi connectivity index (χ2n) is 2.11. The largest absolute Gasteiger partial charge is 0.253 e. The smallest absolute Gasteiger partial charge is 0.0529 e. The van der Waals surface area contributed by atoms with Crippen molar-refractivity contribution in [2.75, 3.05) is 6.54 Å². The quantitative estimate of drug-likeness (QED) is 0.354. The van der Waals surface area contributed by atoms with Crippen LogP contribution in [0.1, 0.15) is 6.92 Å². The number of hydrogen-bond donors (Lipinski definition) is 3. The van der Waals surface area contributed by atoms with Crippen LogP contribution in [0.4, 0.5) is 0 Å². The lowest BCUT2D eigenvalue weighted by atomic mass is 10.3. The standard InChI is InChI=1S/C4H11N5/c1-4-2-8(5)7-9(6)3-4/h2,7H,3,5-6H2,1H3. The van der Waals surface area contributed by atoms with Crippen molar-refractivity contribution in [1.82, 2.24) is 15.8 Å². The molecule has 0 aliphatic carbocycles. The van der Waals surface area contributed by atoms with Crippen LogP contribution in [0.25, 0.3) is 0 Å². The van der Waals surface area contributed by atoms with Gasteiger partial charge in [0, 0.05) is 6.20 Å². The van der Waals surface area contributed by atoms with Crippen LogP contribution in [0.15, 0.2) is 11.8 Å². The number of hydrazine groups is 4. The molecule has 0 aromatic heterocycles. The Labute approximate surface area is 53.8 Å². The maximum atomic E-state index is 5.38. The minimum atomic E-state index is 0.702. The minimum Gasteiger partial charge on any atom is -0.253 e. The van der Waals surface area contributed by atoms with Gasteiger partial charge in [-0.15, -0.1) is 5.53 Å². The third kappa shape index (κ3) is 1.65. The Bertz CT molecular complexity index is 131. The number of nitrogens with two attached hydrogens (primary N) is 2. The summed E-state index contributed by atoms with van der Waals surface area (Å²) in [5.74, 6) is 10.7. The minimum absolute atomic E-state index is 0.702. The maximum Gasteiger partial charge on any atom is 0.0529 e. The van der Waals surface area contributed by atoms with E-state index in [0.29, 0.717) is 6.54 Å². The summed E-state index contributed by atoms with van der Waals surface area (Å²) in [6, 6.07) is 0. The van der Waals surface area contributed by atoms with E-state index in [-0.39, 0.29) is 0 Å². The van der Waals surface area contributed by atoms with Gasteiger partial charge in [-0.05, 0) is 12.5 Å². The topological polar surface area (TPSA) is 70.5 Å². The Morgan fingerprint density at radius 3 is 2.78 bits per heavy atom. The number of nitrogens with zero attached hydrogens (tertiary/aromatic N) is 2. The van der Waals surface area contributed by atoms with E-state index in [1.165, 1.54) is 10.2 Å². The third-order valence-corrected chi connectivity index (χ3v) is 1.02. The average molecular weight is 129 g/mol. The van der Waals surface area contributed by atoms with Gasteiger partial charge in [-0.25, -0.2) is 11.0 Å². The van der Waals surface area contributed by atoms with Crippen molar-refractivity contribution >= 4 is 0 Å². The van der Waals surface area contributed by atoms with Gasteiger partial charge >= 0.3 is 0 Å². The zero-order chi connectivity index (χ0) is 6.85. The molecule has 0 fully saturated rings. The van der Waals surface area contributed by atoms with E-state index >= 15 is 0 Å². The van der Waals surface area contributed by atoms with E-state index in [4.69, 9.17) is 11.7 Å². The monoisotopic (exact) mass is 129 g/mol. The van der Waals surface area contributed by atoms with Crippen LogP contribution in [-0.2, 0) is 0 Å². The molecule has 5 N–H and O–H groups in total.